The van der Waals surface area contributed by atoms with E-state index in [0.717, 1.165) is 51.6 Å². The Morgan fingerprint density at radius 2 is 2.20 bits per heavy atom. The first-order valence-corrected chi connectivity index (χ1v) is 8.22. The summed E-state index contributed by atoms with van der Waals surface area (Å²) in [4.78, 5) is 2.43. The SMILES string of the molecule is CCNC(C)(CO)CCCCN(C)CC1CCCOC1. The molecule has 0 saturated carbocycles. The van der Waals surface area contributed by atoms with E-state index in [1.807, 2.05) is 0 Å². The van der Waals surface area contributed by atoms with Crippen LogP contribution < -0.4 is 5.32 Å². The quantitative estimate of drug-likeness (QED) is 0.602. The van der Waals surface area contributed by atoms with Gasteiger partial charge in [-0.1, -0.05) is 13.3 Å². The van der Waals surface area contributed by atoms with Crippen LogP contribution in [0.25, 0.3) is 0 Å². The smallest absolute Gasteiger partial charge is 0.0610 e. The molecular weight excluding hydrogens is 252 g/mol. The molecule has 1 fully saturated rings. The summed E-state index contributed by atoms with van der Waals surface area (Å²) in [6.45, 7) is 9.52. The Balaban J connectivity index is 2.10. The minimum absolute atomic E-state index is 0.107. The van der Waals surface area contributed by atoms with Crippen LogP contribution in [-0.2, 0) is 4.74 Å². The normalized spacial score (nSPS) is 22.9. The molecule has 20 heavy (non-hydrogen) atoms. The summed E-state index contributed by atoms with van der Waals surface area (Å²) in [7, 11) is 2.21. The van der Waals surface area contributed by atoms with Gasteiger partial charge < -0.3 is 20.1 Å². The topological polar surface area (TPSA) is 44.7 Å². The van der Waals surface area contributed by atoms with E-state index < -0.39 is 0 Å². The maximum absolute atomic E-state index is 9.45. The maximum atomic E-state index is 9.45. The van der Waals surface area contributed by atoms with Crippen molar-refractivity contribution >= 4 is 0 Å². The van der Waals surface area contributed by atoms with Crippen molar-refractivity contribution in [2.24, 2.45) is 5.92 Å². The third-order valence-corrected chi connectivity index (χ3v) is 4.30. The highest BCUT2D eigenvalue weighted by Crippen LogP contribution is 2.16. The number of aliphatic hydroxyl groups excluding tert-OH is 1. The molecule has 1 aliphatic heterocycles. The number of nitrogens with zero attached hydrogens (tertiary/aromatic N) is 1. The van der Waals surface area contributed by atoms with Gasteiger partial charge in [-0.3, -0.25) is 0 Å². The predicted molar refractivity (Wildman–Crippen MR) is 84.1 cm³/mol. The van der Waals surface area contributed by atoms with Gasteiger partial charge in [0.2, 0.25) is 0 Å². The van der Waals surface area contributed by atoms with Gasteiger partial charge in [0, 0.05) is 18.7 Å². The molecular formula is C16H34N2O2. The fourth-order valence-electron chi connectivity index (χ4n) is 3.03. The Kier molecular flexibility index (Phi) is 8.69. The van der Waals surface area contributed by atoms with Crippen molar-refractivity contribution in [1.82, 2.24) is 10.2 Å². The molecule has 1 heterocycles. The summed E-state index contributed by atoms with van der Waals surface area (Å²) in [6, 6.07) is 0. The van der Waals surface area contributed by atoms with Gasteiger partial charge in [-0.05, 0) is 58.7 Å². The summed E-state index contributed by atoms with van der Waals surface area (Å²) < 4.78 is 5.53. The van der Waals surface area contributed by atoms with Gasteiger partial charge in [-0.15, -0.1) is 0 Å². The fraction of sp³-hybridized carbons (Fsp3) is 1.00. The van der Waals surface area contributed by atoms with E-state index in [4.69, 9.17) is 4.74 Å². The first kappa shape index (κ1) is 17.9. The monoisotopic (exact) mass is 286 g/mol. The minimum atomic E-state index is -0.107. The number of hydrogen-bond acceptors (Lipinski definition) is 4. The molecule has 0 amide bonds. The summed E-state index contributed by atoms with van der Waals surface area (Å²) in [5.41, 5.74) is -0.107. The molecule has 1 saturated heterocycles. The third kappa shape index (κ3) is 7.02. The molecule has 0 aromatic heterocycles. The first-order chi connectivity index (χ1) is 9.59. The Bertz CT molecular complexity index is 245. The summed E-state index contributed by atoms with van der Waals surface area (Å²) >= 11 is 0. The van der Waals surface area contributed by atoms with Crippen molar-refractivity contribution in [1.29, 1.82) is 0 Å². The molecule has 2 unspecified atom stereocenters. The number of aliphatic hydroxyl groups is 1. The van der Waals surface area contributed by atoms with Crippen LogP contribution in [-0.4, -0.2) is 62.0 Å². The summed E-state index contributed by atoms with van der Waals surface area (Å²) in [5.74, 6) is 0.721. The van der Waals surface area contributed by atoms with Crippen molar-refractivity contribution in [2.45, 2.75) is 51.5 Å². The molecule has 0 aliphatic carbocycles. The second kappa shape index (κ2) is 9.72. The van der Waals surface area contributed by atoms with Gasteiger partial charge in [-0.25, -0.2) is 0 Å². The minimum Gasteiger partial charge on any atom is -0.394 e. The third-order valence-electron chi connectivity index (χ3n) is 4.30. The molecule has 0 bridgehead atoms. The molecule has 2 atom stereocenters. The molecule has 0 spiro atoms. The average molecular weight is 286 g/mol. The average Bonchev–Trinajstić information content (AvgIpc) is 2.45. The molecule has 0 aromatic rings. The summed E-state index contributed by atoms with van der Waals surface area (Å²) in [6.07, 6.45) is 5.93. The van der Waals surface area contributed by atoms with Crippen LogP contribution in [0.3, 0.4) is 0 Å². The number of nitrogens with one attached hydrogen (secondary N) is 1. The Hall–Kier alpha value is -0.160. The van der Waals surface area contributed by atoms with Gasteiger partial charge >= 0.3 is 0 Å². The zero-order chi connectivity index (χ0) is 14.8. The van der Waals surface area contributed by atoms with Gasteiger partial charge in [0.05, 0.1) is 13.2 Å². The van der Waals surface area contributed by atoms with Crippen molar-refractivity contribution in [2.75, 3.05) is 46.5 Å². The lowest BCUT2D eigenvalue weighted by Crippen LogP contribution is -2.45. The Morgan fingerprint density at radius 1 is 1.40 bits per heavy atom. The van der Waals surface area contributed by atoms with Gasteiger partial charge in [0.15, 0.2) is 0 Å². The standard InChI is InChI=1S/C16H34N2O2/c1-4-17-16(2,14-19)9-5-6-10-18(3)12-15-8-7-11-20-13-15/h15,17,19H,4-14H2,1-3H3. The zero-order valence-electron chi connectivity index (χ0n) is 13.7. The van der Waals surface area contributed by atoms with Gasteiger partial charge in [0.1, 0.15) is 0 Å². The number of hydrogen-bond donors (Lipinski definition) is 2. The van der Waals surface area contributed by atoms with E-state index in [1.54, 1.807) is 0 Å². The number of rotatable bonds is 10. The highest BCUT2D eigenvalue weighted by atomic mass is 16.5. The second-order valence-electron chi connectivity index (χ2n) is 6.55. The van der Waals surface area contributed by atoms with Crippen LogP contribution in [0, 0.1) is 5.92 Å². The lowest BCUT2D eigenvalue weighted by Gasteiger charge is -2.29. The second-order valence-corrected chi connectivity index (χ2v) is 6.55. The fourth-order valence-corrected chi connectivity index (χ4v) is 3.03. The van der Waals surface area contributed by atoms with Crippen LogP contribution in [0.15, 0.2) is 0 Å². The van der Waals surface area contributed by atoms with E-state index in [2.05, 4.69) is 31.1 Å². The zero-order valence-corrected chi connectivity index (χ0v) is 13.7. The highest BCUT2D eigenvalue weighted by molar-refractivity contribution is 4.81. The lowest BCUT2D eigenvalue weighted by molar-refractivity contribution is 0.0418. The van der Waals surface area contributed by atoms with Crippen LogP contribution in [0.2, 0.25) is 0 Å². The molecule has 2 N–H and O–H groups in total. The van der Waals surface area contributed by atoms with E-state index >= 15 is 0 Å². The maximum Gasteiger partial charge on any atom is 0.0610 e. The van der Waals surface area contributed by atoms with Crippen molar-refractivity contribution < 1.29 is 9.84 Å². The number of unbranched alkanes of at least 4 members (excludes halogenated alkanes) is 1. The lowest BCUT2D eigenvalue weighted by atomic mass is 9.95. The first-order valence-electron chi connectivity index (χ1n) is 8.22. The summed E-state index contributed by atoms with van der Waals surface area (Å²) in [5, 5.41) is 12.8. The van der Waals surface area contributed by atoms with Crippen molar-refractivity contribution in [3.05, 3.63) is 0 Å². The van der Waals surface area contributed by atoms with Crippen molar-refractivity contribution in [3.63, 3.8) is 0 Å². The molecule has 1 rings (SSSR count). The predicted octanol–water partition coefficient (Wildman–Crippen LogP) is 1.88. The van der Waals surface area contributed by atoms with E-state index in [9.17, 15) is 5.11 Å². The Labute approximate surface area is 124 Å². The molecule has 0 radical (unpaired) electrons. The van der Waals surface area contributed by atoms with Crippen LogP contribution in [0.4, 0.5) is 0 Å². The number of ether oxygens (including phenoxy) is 1. The molecule has 4 heteroatoms. The van der Waals surface area contributed by atoms with Crippen LogP contribution in [0.1, 0.15) is 46.0 Å². The van der Waals surface area contributed by atoms with Crippen LogP contribution in [0.5, 0.6) is 0 Å². The number of likely N-dealkylation sites (N-methyl/N-ethyl adjacent to an activating group) is 1. The molecule has 4 nitrogen and oxygen atoms in total. The van der Waals surface area contributed by atoms with E-state index in [0.29, 0.717) is 0 Å². The largest absolute Gasteiger partial charge is 0.394 e. The van der Waals surface area contributed by atoms with Gasteiger partial charge in [-0.2, -0.15) is 0 Å². The van der Waals surface area contributed by atoms with Gasteiger partial charge in [0.25, 0.3) is 0 Å². The molecule has 0 aromatic carbocycles. The highest BCUT2D eigenvalue weighted by Gasteiger charge is 2.21. The van der Waals surface area contributed by atoms with Crippen LogP contribution >= 0.6 is 0 Å². The van der Waals surface area contributed by atoms with Crippen molar-refractivity contribution in [3.8, 4) is 0 Å². The van der Waals surface area contributed by atoms with E-state index in [-0.39, 0.29) is 12.1 Å². The Morgan fingerprint density at radius 3 is 2.80 bits per heavy atom. The van der Waals surface area contributed by atoms with E-state index in [1.165, 1.54) is 19.3 Å². The molecule has 1 aliphatic rings. The molecule has 120 valence electrons.